The van der Waals surface area contributed by atoms with Gasteiger partial charge in [-0.1, -0.05) is 30.3 Å². The van der Waals surface area contributed by atoms with Gasteiger partial charge in [0.15, 0.2) is 0 Å². The van der Waals surface area contributed by atoms with Crippen LogP contribution in [0.4, 0.5) is 8.78 Å². The van der Waals surface area contributed by atoms with E-state index >= 15 is 0 Å². The molecule has 2 nitrogen and oxygen atoms in total. The van der Waals surface area contributed by atoms with Gasteiger partial charge in [-0.05, 0) is 5.56 Å². The number of halogens is 2. The van der Waals surface area contributed by atoms with Crippen LogP contribution in [0.1, 0.15) is 18.4 Å². The van der Waals surface area contributed by atoms with Crippen LogP contribution in [0.3, 0.4) is 0 Å². The Balaban J connectivity index is 2.23. The van der Waals surface area contributed by atoms with Crippen molar-refractivity contribution in [2.75, 3.05) is 0 Å². The summed E-state index contributed by atoms with van der Waals surface area (Å²) >= 11 is 0. The van der Waals surface area contributed by atoms with E-state index < -0.39 is 6.43 Å². The van der Waals surface area contributed by atoms with Crippen molar-refractivity contribution in [3.63, 3.8) is 0 Å². The molecule has 1 aromatic carbocycles. The molecule has 0 unspecified atom stereocenters. The predicted octanol–water partition coefficient (Wildman–Crippen LogP) is 2.35. The van der Waals surface area contributed by atoms with Crippen molar-refractivity contribution in [3.05, 3.63) is 35.9 Å². The average Bonchev–Trinajstić information content (AvgIpc) is 2.25. The SMILES string of the molecule is O=C(CCC(F)F)NCc1ccccc1. The quantitative estimate of drug-likeness (QED) is 0.799. The molecule has 0 fully saturated rings. The zero-order valence-corrected chi connectivity index (χ0v) is 8.25. The lowest BCUT2D eigenvalue weighted by atomic mass is 10.2. The monoisotopic (exact) mass is 213 g/mol. The topological polar surface area (TPSA) is 29.1 Å². The molecule has 1 N–H and O–H groups in total. The average molecular weight is 213 g/mol. The fraction of sp³-hybridized carbons (Fsp3) is 0.364. The van der Waals surface area contributed by atoms with Gasteiger partial charge in [0.25, 0.3) is 0 Å². The first-order chi connectivity index (χ1) is 7.18. The van der Waals surface area contributed by atoms with Crippen molar-refractivity contribution >= 4 is 5.91 Å². The maximum absolute atomic E-state index is 11.8. The molecule has 0 aliphatic carbocycles. The Morgan fingerprint density at radius 2 is 1.93 bits per heavy atom. The third-order valence-corrected chi connectivity index (χ3v) is 1.92. The van der Waals surface area contributed by atoms with Crippen LogP contribution in [0.5, 0.6) is 0 Å². The number of hydrogen-bond donors (Lipinski definition) is 1. The molecule has 0 aliphatic rings. The standard InChI is InChI=1S/C11H13F2NO/c12-10(13)6-7-11(15)14-8-9-4-2-1-3-5-9/h1-5,10H,6-8H2,(H,14,15). The molecular formula is C11H13F2NO. The van der Waals surface area contributed by atoms with Crippen LogP contribution in [0.2, 0.25) is 0 Å². The molecule has 1 aromatic rings. The Kier molecular flexibility index (Phi) is 4.74. The van der Waals surface area contributed by atoms with Crippen molar-refractivity contribution < 1.29 is 13.6 Å². The normalized spacial score (nSPS) is 10.3. The molecule has 1 rings (SSSR count). The lowest BCUT2D eigenvalue weighted by molar-refractivity contribution is -0.122. The van der Waals surface area contributed by atoms with E-state index in [4.69, 9.17) is 0 Å². The Labute approximate surface area is 87.3 Å². The van der Waals surface area contributed by atoms with E-state index in [9.17, 15) is 13.6 Å². The second-order valence-electron chi connectivity index (χ2n) is 3.19. The molecule has 0 saturated heterocycles. The lowest BCUT2D eigenvalue weighted by Crippen LogP contribution is -2.22. The Hall–Kier alpha value is -1.45. The number of amides is 1. The van der Waals surface area contributed by atoms with Gasteiger partial charge in [-0.15, -0.1) is 0 Å². The molecule has 0 heterocycles. The number of carbonyl (C=O) groups excluding carboxylic acids is 1. The smallest absolute Gasteiger partial charge is 0.239 e. The van der Waals surface area contributed by atoms with Gasteiger partial charge in [0.05, 0.1) is 0 Å². The van der Waals surface area contributed by atoms with E-state index in [2.05, 4.69) is 5.32 Å². The van der Waals surface area contributed by atoms with Crippen LogP contribution in [0.25, 0.3) is 0 Å². The molecule has 4 heteroatoms. The third kappa shape index (κ3) is 5.10. The van der Waals surface area contributed by atoms with E-state index in [1.807, 2.05) is 30.3 Å². The molecule has 0 radical (unpaired) electrons. The summed E-state index contributed by atoms with van der Waals surface area (Å²) in [4.78, 5) is 11.1. The van der Waals surface area contributed by atoms with Crippen molar-refractivity contribution in [2.45, 2.75) is 25.8 Å². The molecule has 0 aliphatic heterocycles. The van der Waals surface area contributed by atoms with Gasteiger partial charge in [0, 0.05) is 19.4 Å². The second-order valence-corrected chi connectivity index (χ2v) is 3.19. The van der Waals surface area contributed by atoms with Crippen LogP contribution in [0, 0.1) is 0 Å². The first-order valence-electron chi connectivity index (χ1n) is 4.77. The summed E-state index contributed by atoms with van der Waals surface area (Å²) in [6.45, 7) is 0.392. The summed E-state index contributed by atoms with van der Waals surface area (Å²) in [5, 5.41) is 2.58. The lowest BCUT2D eigenvalue weighted by Gasteiger charge is -2.04. The Bertz CT molecular complexity index is 301. The summed E-state index contributed by atoms with van der Waals surface area (Å²) < 4.78 is 23.6. The first kappa shape index (κ1) is 11.6. The van der Waals surface area contributed by atoms with Crippen LogP contribution in [-0.4, -0.2) is 12.3 Å². The van der Waals surface area contributed by atoms with Gasteiger partial charge in [-0.3, -0.25) is 4.79 Å². The number of nitrogens with one attached hydrogen (secondary N) is 1. The zero-order chi connectivity index (χ0) is 11.1. The molecule has 0 saturated carbocycles. The van der Waals surface area contributed by atoms with Gasteiger partial charge in [0.1, 0.15) is 0 Å². The maximum atomic E-state index is 11.8. The summed E-state index contributed by atoms with van der Waals surface area (Å²) in [5.74, 6) is -0.334. The van der Waals surface area contributed by atoms with Crippen molar-refractivity contribution in [1.82, 2.24) is 5.32 Å². The van der Waals surface area contributed by atoms with Crippen molar-refractivity contribution in [1.29, 1.82) is 0 Å². The summed E-state index contributed by atoms with van der Waals surface area (Å²) in [6.07, 6.45) is -2.90. The van der Waals surface area contributed by atoms with Gasteiger partial charge in [0.2, 0.25) is 12.3 Å². The minimum atomic E-state index is -2.41. The number of carbonyl (C=O) groups is 1. The van der Waals surface area contributed by atoms with E-state index in [1.54, 1.807) is 0 Å². The van der Waals surface area contributed by atoms with Gasteiger partial charge < -0.3 is 5.32 Å². The summed E-state index contributed by atoms with van der Waals surface area (Å²) in [7, 11) is 0. The molecule has 1 amide bonds. The highest BCUT2D eigenvalue weighted by Crippen LogP contribution is 2.03. The summed E-state index contributed by atoms with van der Waals surface area (Å²) in [5.41, 5.74) is 0.961. The molecule has 15 heavy (non-hydrogen) atoms. The fourth-order valence-corrected chi connectivity index (χ4v) is 1.13. The Morgan fingerprint density at radius 1 is 1.27 bits per heavy atom. The minimum absolute atomic E-state index is 0.121. The van der Waals surface area contributed by atoms with Gasteiger partial charge in [-0.25, -0.2) is 8.78 Å². The van der Waals surface area contributed by atoms with Crippen molar-refractivity contribution in [2.24, 2.45) is 0 Å². The molecular weight excluding hydrogens is 200 g/mol. The molecule has 0 atom stereocenters. The highest BCUT2D eigenvalue weighted by molar-refractivity contribution is 5.75. The molecule has 0 aromatic heterocycles. The van der Waals surface area contributed by atoms with E-state index in [0.29, 0.717) is 6.54 Å². The van der Waals surface area contributed by atoms with Crippen LogP contribution in [-0.2, 0) is 11.3 Å². The zero-order valence-electron chi connectivity index (χ0n) is 8.25. The minimum Gasteiger partial charge on any atom is -0.352 e. The van der Waals surface area contributed by atoms with Crippen LogP contribution >= 0.6 is 0 Å². The highest BCUT2D eigenvalue weighted by Gasteiger charge is 2.07. The van der Waals surface area contributed by atoms with Crippen molar-refractivity contribution in [3.8, 4) is 0 Å². The number of benzene rings is 1. The Morgan fingerprint density at radius 3 is 2.53 bits per heavy atom. The van der Waals surface area contributed by atoms with E-state index in [-0.39, 0.29) is 18.7 Å². The van der Waals surface area contributed by atoms with Crippen LogP contribution in [0.15, 0.2) is 30.3 Å². The van der Waals surface area contributed by atoms with E-state index in [0.717, 1.165) is 5.56 Å². The number of hydrogen-bond acceptors (Lipinski definition) is 1. The van der Waals surface area contributed by atoms with Crippen LogP contribution < -0.4 is 5.32 Å². The van der Waals surface area contributed by atoms with Gasteiger partial charge >= 0.3 is 0 Å². The number of rotatable bonds is 5. The summed E-state index contributed by atoms with van der Waals surface area (Å²) in [6, 6.07) is 9.34. The highest BCUT2D eigenvalue weighted by atomic mass is 19.3. The number of alkyl halides is 2. The largest absolute Gasteiger partial charge is 0.352 e. The fourth-order valence-electron chi connectivity index (χ4n) is 1.13. The molecule has 82 valence electrons. The molecule has 0 spiro atoms. The third-order valence-electron chi connectivity index (χ3n) is 1.92. The van der Waals surface area contributed by atoms with Gasteiger partial charge in [-0.2, -0.15) is 0 Å². The van der Waals surface area contributed by atoms with E-state index in [1.165, 1.54) is 0 Å². The second kappa shape index (κ2) is 6.11. The molecule has 0 bridgehead atoms. The maximum Gasteiger partial charge on any atom is 0.239 e. The predicted molar refractivity (Wildman–Crippen MR) is 53.5 cm³/mol. The first-order valence-corrected chi connectivity index (χ1v) is 4.77.